The van der Waals surface area contributed by atoms with Gasteiger partial charge in [0, 0.05) is 21.7 Å². The Bertz CT molecular complexity index is 1890. The Morgan fingerprint density at radius 1 is 0.472 bits per heavy atom. The largest absolute Gasteiger partial charge is 0.308 e. The zero-order valence-corrected chi connectivity index (χ0v) is 20.8. The molecule has 0 aliphatic heterocycles. The molecule has 1 aromatic heterocycles. The van der Waals surface area contributed by atoms with Crippen LogP contribution < -0.4 is 0 Å². The third kappa shape index (κ3) is 3.03. The van der Waals surface area contributed by atoms with E-state index in [1.54, 1.807) is 0 Å². The average Bonchev–Trinajstić information content (AvgIpc) is 3.21. The number of para-hydroxylation sites is 2. The van der Waals surface area contributed by atoms with Gasteiger partial charge in [0.15, 0.2) is 0 Å². The molecule has 0 aliphatic carbocycles. The van der Waals surface area contributed by atoms with Crippen molar-refractivity contribution < 1.29 is 0 Å². The second-order valence-corrected chi connectivity index (χ2v) is 10.0. The molecule has 1 nitrogen and oxygen atoms in total. The topological polar surface area (TPSA) is 4.93 Å². The number of benzene rings is 6. The Labute approximate surface area is 211 Å². The zero-order chi connectivity index (χ0) is 24.4. The summed E-state index contributed by atoms with van der Waals surface area (Å²) < 4.78 is 2.50. The minimum atomic E-state index is 1.24. The number of hydrogen-bond donors (Lipinski definition) is 0. The molecule has 36 heavy (non-hydrogen) atoms. The van der Waals surface area contributed by atoms with Gasteiger partial charge in [-0.05, 0) is 77.9 Å². The van der Waals surface area contributed by atoms with Crippen LogP contribution in [-0.2, 0) is 0 Å². The molecule has 0 unspecified atom stereocenters. The highest BCUT2D eigenvalue weighted by molar-refractivity contribution is 6.13. The summed E-state index contributed by atoms with van der Waals surface area (Å²) in [4.78, 5) is 0. The van der Waals surface area contributed by atoms with Gasteiger partial charge in [-0.3, -0.25) is 0 Å². The van der Waals surface area contributed by atoms with E-state index in [2.05, 4.69) is 135 Å². The van der Waals surface area contributed by atoms with Crippen molar-refractivity contribution in [1.82, 2.24) is 4.57 Å². The van der Waals surface area contributed by atoms with E-state index in [0.717, 1.165) is 0 Å². The molecule has 0 saturated carbocycles. The molecule has 0 atom stereocenters. The summed E-state index contributed by atoms with van der Waals surface area (Å²) in [5.41, 5.74) is 10.3. The molecule has 0 bridgehead atoms. The van der Waals surface area contributed by atoms with Crippen LogP contribution in [-0.4, -0.2) is 4.57 Å². The van der Waals surface area contributed by atoms with Crippen LogP contribution in [0.5, 0.6) is 0 Å². The Morgan fingerprint density at radius 3 is 1.67 bits per heavy atom. The molecule has 1 heterocycles. The standard InChI is InChI=1S/C35H27N/c1-22-18-23(2)34(24(3)19-22)30-17-16-27-20-25-10-4-5-11-26(25)21-31(27)35(30)36-32-14-8-6-12-28(32)29-13-7-9-15-33(29)36/h4-21H,1-3H3. The summed E-state index contributed by atoms with van der Waals surface area (Å²) in [6, 6.07) is 40.2. The monoisotopic (exact) mass is 461 g/mol. The maximum absolute atomic E-state index is 2.50. The predicted octanol–water partition coefficient (Wildman–Crippen LogP) is 9.68. The quantitative estimate of drug-likeness (QED) is 0.226. The lowest BCUT2D eigenvalue weighted by Gasteiger charge is -2.20. The van der Waals surface area contributed by atoms with Crippen molar-refractivity contribution >= 4 is 43.4 Å². The highest BCUT2D eigenvalue weighted by atomic mass is 15.0. The van der Waals surface area contributed by atoms with Crippen LogP contribution in [0.15, 0.2) is 109 Å². The maximum atomic E-state index is 2.50. The van der Waals surface area contributed by atoms with Crippen molar-refractivity contribution in [2.75, 3.05) is 0 Å². The van der Waals surface area contributed by atoms with Crippen molar-refractivity contribution in [1.29, 1.82) is 0 Å². The molecule has 7 rings (SSSR count). The third-order valence-corrected chi connectivity index (χ3v) is 7.61. The third-order valence-electron chi connectivity index (χ3n) is 7.61. The maximum Gasteiger partial charge on any atom is 0.0619 e. The zero-order valence-electron chi connectivity index (χ0n) is 20.8. The van der Waals surface area contributed by atoms with Gasteiger partial charge >= 0.3 is 0 Å². The molecular formula is C35H27N. The Kier molecular flexibility index (Phi) is 4.56. The first kappa shape index (κ1) is 21.0. The average molecular weight is 462 g/mol. The summed E-state index contributed by atoms with van der Waals surface area (Å²) in [5.74, 6) is 0. The van der Waals surface area contributed by atoms with E-state index in [-0.39, 0.29) is 0 Å². The van der Waals surface area contributed by atoms with Crippen molar-refractivity contribution in [3.63, 3.8) is 0 Å². The molecule has 6 aromatic carbocycles. The van der Waals surface area contributed by atoms with Gasteiger partial charge in [0.1, 0.15) is 0 Å². The number of aryl methyl sites for hydroxylation is 3. The summed E-state index contributed by atoms with van der Waals surface area (Å²) in [6.45, 7) is 6.68. The fourth-order valence-corrected chi connectivity index (χ4v) is 6.21. The first-order valence-electron chi connectivity index (χ1n) is 12.6. The number of nitrogens with zero attached hydrogens (tertiary/aromatic N) is 1. The molecule has 0 saturated heterocycles. The lowest BCUT2D eigenvalue weighted by molar-refractivity contribution is 1.19. The number of aromatic nitrogens is 1. The van der Waals surface area contributed by atoms with Crippen LogP contribution in [0, 0.1) is 20.8 Å². The van der Waals surface area contributed by atoms with Crippen molar-refractivity contribution in [2.45, 2.75) is 20.8 Å². The van der Waals surface area contributed by atoms with Crippen molar-refractivity contribution in [2.24, 2.45) is 0 Å². The van der Waals surface area contributed by atoms with Gasteiger partial charge in [-0.25, -0.2) is 0 Å². The van der Waals surface area contributed by atoms with E-state index >= 15 is 0 Å². The van der Waals surface area contributed by atoms with Crippen LogP contribution in [0.25, 0.3) is 60.2 Å². The lowest BCUT2D eigenvalue weighted by atomic mass is 9.90. The van der Waals surface area contributed by atoms with Gasteiger partial charge in [0.25, 0.3) is 0 Å². The molecular weight excluding hydrogens is 434 g/mol. The van der Waals surface area contributed by atoms with Gasteiger partial charge in [0.05, 0.1) is 16.7 Å². The molecule has 0 spiro atoms. The summed E-state index contributed by atoms with van der Waals surface area (Å²) >= 11 is 0. The first-order valence-corrected chi connectivity index (χ1v) is 12.6. The summed E-state index contributed by atoms with van der Waals surface area (Å²) in [6.07, 6.45) is 0. The van der Waals surface area contributed by atoms with Crippen LogP contribution >= 0.6 is 0 Å². The fourth-order valence-electron chi connectivity index (χ4n) is 6.21. The van der Waals surface area contributed by atoms with Gasteiger partial charge in [-0.1, -0.05) is 90.5 Å². The predicted molar refractivity (Wildman–Crippen MR) is 155 cm³/mol. The molecule has 0 N–H and O–H groups in total. The summed E-state index contributed by atoms with van der Waals surface area (Å²) in [7, 11) is 0. The normalized spacial score (nSPS) is 11.8. The van der Waals surface area contributed by atoms with Gasteiger partial charge in [-0.2, -0.15) is 0 Å². The Balaban J connectivity index is 1.73. The molecule has 0 radical (unpaired) electrons. The van der Waals surface area contributed by atoms with E-state index in [1.165, 1.54) is 76.9 Å². The van der Waals surface area contributed by atoms with Crippen LogP contribution in [0.3, 0.4) is 0 Å². The molecule has 7 aromatic rings. The first-order chi connectivity index (χ1) is 17.6. The number of fused-ring (bicyclic) bond motifs is 5. The molecule has 0 amide bonds. The minimum Gasteiger partial charge on any atom is -0.308 e. The van der Waals surface area contributed by atoms with Crippen molar-refractivity contribution in [3.05, 3.63) is 126 Å². The molecule has 0 aliphatic rings. The van der Waals surface area contributed by atoms with E-state index in [1.807, 2.05) is 0 Å². The number of hydrogen-bond acceptors (Lipinski definition) is 0. The van der Waals surface area contributed by atoms with E-state index in [0.29, 0.717) is 0 Å². The smallest absolute Gasteiger partial charge is 0.0619 e. The Morgan fingerprint density at radius 2 is 1.03 bits per heavy atom. The second-order valence-electron chi connectivity index (χ2n) is 10.0. The lowest BCUT2D eigenvalue weighted by Crippen LogP contribution is -2.01. The van der Waals surface area contributed by atoms with Crippen LogP contribution in [0.2, 0.25) is 0 Å². The molecule has 0 fully saturated rings. The van der Waals surface area contributed by atoms with Gasteiger partial charge in [-0.15, -0.1) is 0 Å². The van der Waals surface area contributed by atoms with Crippen LogP contribution in [0.1, 0.15) is 16.7 Å². The van der Waals surface area contributed by atoms with E-state index < -0.39 is 0 Å². The highest BCUT2D eigenvalue weighted by Gasteiger charge is 2.20. The number of rotatable bonds is 2. The highest BCUT2D eigenvalue weighted by Crippen LogP contribution is 2.42. The fraction of sp³-hybridized carbons (Fsp3) is 0.0857. The van der Waals surface area contributed by atoms with Crippen molar-refractivity contribution in [3.8, 4) is 16.8 Å². The Hall–Kier alpha value is -4.36. The molecule has 172 valence electrons. The molecule has 1 heteroatoms. The van der Waals surface area contributed by atoms with Gasteiger partial charge < -0.3 is 4.57 Å². The van der Waals surface area contributed by atoms with Crippen LogP contribution in [0.4, 0.5) is 0 Å². The SMILES string of the molecule is Cc1cc(C)c(-c2ccc3cc4ccccc4cc3c2-n2c3ccccc3c3ccccc32)c(C)c1. The summed E-state index contributed by atoms with van der Waals surface area (Å²) in [5, 5.41) is 7.65. The van der Waals surface area contributed by atoms with E-state index in [4.69, 9.17) is 0 Å². The minimum absolute atomic E-state index is 1.24. The second kappa shape index (κ2) is 7.83. The van der Waals surface area contributed by atoms with Gasteiger partial charge in [0.2, 0.25) is 0 Å². The van der Waals surface area contributed by atoms with E-state index in [9.17, 15) is 0 Å².